The van der Waals surface area contributed by atoms with Gasteiger partial charge in [0.1, 0.15) is 5.78 Å². The number of aromatic nitrogens is 2. The highest BCUT2D eigenvalue weighted by Gasteiger charge is 2.19. The highest BCUT2D eigenvalue weighted by Crippen LogP contribution is 2.28. The molecule has 0 bridgehead atoms. The second kappa shape index (κ2) is 10.00. The molecule has 1 fully saturated rings. The number of benzene rings is 2. The Bertz CT molecular complexity index is 1020. The minimum absolute atomic E-state index is 0.200. The predicted octanol–water partition coefficient (Wildman–Crippen LogP) is 6.24. The van der Waals surface area contributed by atoms with E-state index in [0.29, 0.717) is 18.8 Å². The van der Waals surface area contributed by atoms with Crippen molar-refractivity contribution in [3.8, 4) is 11.3 Å². The molecule has 2 aromatic carbocycles. The van der Waals surface area contributed by atoms with E-state index in [2.05, 4.69) is 50.2 Å². The van der Waals surface area contributed by atoms with Crippen LogP contribution >= 0.6 is 0 Å². The molecule has 0 spiro atoms. The molecule has 0 amide bonds. The maximum Gasteiger partial charge on any atom is 0.143 e. The van der Waals surface area contributed by atoms with Gasteiger partial charge < -0.3 is 0 Å². The van der Waals surface area contributed by atoms with Gasteiger partial charge in [-0.05, 0) is 31.7 Å². The van der Waals surface area contributed by atoms with E-state index in [0.717, 1.165) is 34.6 Å². The molecule has 0 saturated heterocycles. The lowest BCUT2D eigenvalue weighted by atomic mass is 9.85. The van der Waals surface area contributed by atoms with Gasteiger partial charge in [-0.1, -0.05) is 91.8 Å². The lowest BCUT2D eigenvalue weighted by Gasteiger charge is -2.22. The third kappa shape index (κ3) is 5.88. The SMILES string of the molecule is Cc1ccc(CC(=O)Cc2ncc(-c3ccc(C)cc3)nc2CC2CCCCC2)cc1. The molecule has 1 aromatic heterocycles. The number of aryl methyl sites for hydroxylation is 2. The second-order valence-corrected chi connectivity index (χ2v) is 9.10. The third-order valence-electron chi connectivity index (χ3n) is 6.37. The molecule has 3 nitrogen and oxygen atoms in total. The normalized spacial score (nSPS) is 14.5. The molecule has 1 saturated carbocycles. The van der Waals surface area contributed by atoms with E-state index in [1.54, 1.807) is 0 Å². The van der Waals surface area contributed by atoms with Gasteiger partial charge in [0.25, 0.3) is 0 Å². The van der Waals surface area contributed by atoms with Crippen LogP contribution in [0.1, 0.15) is 60.2 Å². The van der Waals surface area contributed by atoms with Crippen LogP contribution in [0.15, 0.2) is 54.7 Å². The minimum Gasteiger partial charge on any atom is -0.299 e. The molecular weight excluding hydrogens is 380 g/mol. The zero-order chi connectivity index (χ0) is 21.6. The first kappa shape index (κ1) is 21.4. The summed E-state index contributed by atoms with van der Waals surface area (Å²) in [5.41, 5.74) is 7.37. The van der Waals surface area contributed by atoms with Crippen molar-refractivity contribution in [2.45, 2.75) is 65.2 Å². The maximum atomic E-state index is 12.8. The van der Waals surface area contributed by atoms with Crippen LogP contribution in [0, 0.1) is 19.8 Å². The molecular formula is C28H32N2O. The number of ketones is 1. The summed E-state index contributed by atoms with van der Waals surface area (Å²) < 4.78 is 0. The Morgan fingerprint density at radius 1 is 0.839 bits per heavy atom. The first-order valence-corrected chi connectivity index (χ1v) is 11.6. The number of hydrogen-bond acceptors (Lipinski definition) is 3. The van der Waals surface area contributed by atoms with Gasteiger partial charge in [0.15, 0.2) is 0 Å². The molecule has 3 heteroatoms. The van der Waals surface area contributed by atoms with Gasteiger partial charge in [-0.3, -0.25) is 9.78 Å². The Hall–Kier alpha value is -2.81. The summed E-state index contributed by atoms with van der Waals surface area (Å²) >= 11 is 0. The zero-order valence-electron chi connectivity index (χ0n) is 18.7. The highest BCUT2D eigenvalue weighted by atomic mass is 16.1. The molecule has 0 N–H and O–H groups in total. The molecule has 0 aliphatic heterocycles. The lowest BCUT2D eigenvalue weighted by Crippen LogP contribution is -2.16. The molecule has 31 heavy (non-hydrogen) atoms. The molecule has 1 aliphatic carbocycles. The van der Waals surface area contributed by atoms with Crippen molar-refractivity contribution in [1.29, 1.82) is 0 Å². The van der Waals surface area contributed by atoms with E-state index in [9.17, 15) is 4.79 Å². The van der Waals surface area contributed by atoms with Crippen molar-refractivity contribution in [2.24, 2.45) is 5.92 Å². The van der Waals surface area contributed by atoms with Gasteiger partial charge in [0.2, 0.25) is 0 Å². The van der Waals surface area contributed by atoms with Crippen molar-refractivity contribution in [1.82, 2.24) is 9.97 Å². The van der Waals surface area contributed by atoms with Crippen LogP contribution in [0.25, 0.3) is 11.3 Å². The number of rotatable bonds is 7. The quantitative estimate of drug-likeness (QED) is 0.461. The second-order valence-electron chi connectivity index (χ2n) is 9.10. The molecule has 0 unspecified atom stereocenters. The van der Waals surface area contributed by atoms with Gasteiger partial charge >= 0.3 is 0 Å². The van der Waals surface area contributed by atoms with Crippen LogP contribution < -0.4 is 0 Å². The molecule has 3 aromatic rings. The Morgan fingerprint density at radius 2 is 1.48 bits per heavy atom. The Labute approximate surface area is 186 Å². The Morgan fingerprint density at radius 3 is 2.16 bits per heavy atom. The van der Waals surface area contributed by atoms with Crippen LogP contribution in [0.2, 0.25) is 0 Å². The van der Waals surface area contributed by atoms with Crippen LogP contribution in [0.3, 0.4) is 0 Å². The van der Waals surface area contributed by atoms with Crippen LogP contribution in [-0.4, -0.2) is 15.8 Å². The van der Waals surface area contributed by atoms with Crippen LogP contribution in [0.4, 0.5) is 0 Å². The number of nitrogens with zero attached hydrogens (tertiary/aromatic N) is 2. The Kier molecular flexibility index (Phi) is 6.91. The van der Waals surface area contributed by atoms with Crippen molar-refractivity contribution in [3.05, 3.63) is 82.8 Å². The lowest BCUT2D eigenvalue weighted by molar-refractivity contribution is -0.117. The molecule has 1 heterocycles. The average molecular weight is 413 g/mol. The van der Waals surface area contributed by atoms with Gasteiger partial charge in [0.05, 0.1) is 29.7 Å². The van der Waals surface area contributed by atoms with E-state index in [1.165, 1.54) is 43.2 Å². The molecule has 1 aliphatic rings. The van der Waals surface area contributed by atoms with E-state index in [1.807, 2.05) is 18.3 Å². The summed E-state index contributed by atoms with van der Waals surface area (Å²) in [6.07, 6.45) is 10.0. The van der Waals surface area contributed by atoms with Crippen molar-refractivity contribution < 1.29 is 4.79 Å². The van der Waals surface area contributed by atoms with Gasteiger partial charge in [-0.15, -0.1) is 0 Å². The monoisotopic (exact) mass is 412 g/mol. The summed E-state index contributed by atoms with van der Waals surface area (Å²) in [6, 6.07) is 16.6. The number of carbonyl (C=O) groups is 1. The number of Topliss-reactive ketones (excluding diaryl/α,β-unsaturated/α-hetero) is 1. The summed E-state index contributed by atoms with van der Waals surface area (Å²) in [5, 5.41) is 0. The molecule has 4 rings (SSSR count). The first-order valence-electron chi connectivity index (χ1n) is 11.6. The predicted molar refractivity (Wildman–Crippen MR) is 126 cm³/mol. The third-order valence-corrected chi connectivity index (χ3v) is 6.37. The van der Waals surface area contributed by atoms with Gasteiger partial charge in [-0.2, -0.15) is 0 Å². The van der Waals surface area contributed by atoms with Gasteiger partial charge in [0, 0.05) is 12.0 Å². The molecule has 0 radical (unpaired) electrons. The number of hydrogen-bond donors (Lipinski definition) is 0. The van der Waals surface area contributed by atoms with Gasteiger partial charge in [-0.25, -0.2) is 4.98 Å². The molecule has 0 atom stereocenters. The smallest absolute Gasteiger partial charge is 0.143 e. The van der Waals surface area contributed by atoms with E-state index in [4.69, 9.17) is 9.97 Å². The fraction of sp³-hybridized carbons (Fsp3) is 0.393. The highest BCUT2D eigenvalue weighted by molar-refractivity contribution is 5.83. The van der Waals surface area contributed by atoms with Crippen LogP contribution in [-0.2, 0) is 24.1 Å². The maximum absolute atomic E-state index is 12.8. The van der Waals surface area contributed by atoms with Crippen molar-refractivity contribution in [3.63, 3.8) is 0 Å². The summed E-state index contributed by atoms with van der Waals surface area (Å²) in [5.74, 6) is 0.855. The topological polar surface area (TPSA) is 42.9 Å². The zero-order valence-corrected chi connectivity index (χ0v) is 18.7. The molecule has 160 valence electrons. The average Bonchev–Trinajstić information content (AvgIpc) is 2.78. The Balaban J connectivity index is 1.56. The fourth-order valence-electron chi connectivity index (χ4n) is 4.47. The van der Waals surface area contributed by atoms with E-state index >= 15 is 0 Å². The number of carbonyl (C=O) groups excluding carboxylic acids is 1. The van der Waals surface area contributed by atoms with Crippen molar-refractivity contribution >= 4 is 5.78 Å². The first-order chi connectivity index (χ1) is 15.1. The summed E-state index contributed by atoms with van der Waals surface area (Å²) in [4.78, 5) is 22.6. The van der Waals surface area contributed by atoms with E-state index in [-0.39, 0.29) is 5.78 Å². The minimum atomic E-state index is 0.200. The standard InChI is InChI=1S/C28H32N2O/c1-20-8-12-23(13-9-20)16-25(31)18-26-27(17-22-6-4-3-5-7-22)30-28(19-29-26)24-14-10-21(2)11-15-24/h8-15,19,22H,3-7,16-18H2,1-2H3. The van der Waals surface area contributed by atoms with Crippen molar-refractivity contribution in [2.75, 3.05) is 0 Å². The fourth-order valence-corrected chi connectivity index (χ4v) is 4.47. The summed E-state index contributed by atoms with van der Waals surface area (Å²) in [6.45, 7) is 4.15. The van der Waals surface area contributed by atoms with E-state index < -0.39 is 0 Å². The summed E-state index contributed by atoms with van der Waals surface area (Å²) in [7, 11) is 0. The largest absolute Gasteiger partial charge is 0.299 e. The van der Waals surface area contributed by atoms with Crippen LogP contribution in [0.5, 0.6) is 0 Å².